The number of aryl methyl sites for hydroxylation is 1. The third-order valence-electron chi connectivity index (χ3n) is 6.38. The van der Waals surface area contributed by atoms with Crippen molar-refractivity contribution in [1.29, 1.82) is 0 Å². The smallest absolute Gasteiger partial charge is 0.357 e. The Labute approximate surface area is 235 Å². The van der Waals surface area contributed by atoms with Gasteiger partial charge in [0, 0.05) is 19.0 Å². The number of carboxylic acid groups (broad SMARTS) is 2. The van der Waals surface area contributed by atoms with Gasteiger partial charge in [-0.25, -0.2) is 4.79 Å². The molecule has 1 fully saturated rings. The van der Waals surface area contributed by atoms with Crippen molar-refractivity contribution in [3.8, 4) is 0 Å². The predicted octanol–water partition coefficient (Wildman–Crippen LogP) is 1.40. The Hall–Kier alpha value is -3.72. The highest BCUT2D eigenvalue weighted by atomic mass is 35.5. The normalized spacial score (nSPS) is 18.5. The summed E-state index contributed by atoms with van der Waals surface area (Å²) in [6, 6.07) is 8.87. The first-order valence-electron chi connectivity index (χ1n) is 12.2. The number of hydrogen-bond donors (Lipinski definition) is 6. The summed E-state index contributed by atoms with van der Waals surface area (Å²) in [6.45, 7) is 1.24. The molecule has 6 N–H and O–H groups in total. The average Bonchev–Trinajstić information content (AvgIpc) is 3.30. The SMILES string of the molecule is C[C@H](N[C@@H](CCc1ccccc1)C(=O)O)C(=O)N1C[C@@H](NC(=O)c2cccc(Cl)c2NS(=O)(=O)O)CC1C(=O)O. The summed E-state index contributed by atoms with van der Waals surface area (Å²) < 4.78 is 33.5. The first kappa shape index (κ1) is 30.8. The van der Waals surface area contributed by atoms with E-state index in [0.29, 0.717) is 6.42 Å². The van der Waals surface area contributed by atoms with Crippen LogP contribution in [0.25, 0.3) is 0 Å². The molecule has 2 amide bonds. The standard InChI is InChI=1S/C25H29ClN4O9S/c1-14(27-19(24(33)34)11-10-15-6-3-2-4-7-15)23(32)30-13-16(12-20(30)25(35)36)28-22(31)17-8-5-9-18(26)21(17)29-40(37,38)39/h2-9,14,16,19-20,27,29H,10-13H2,1H3,(H,28,31)(H,33,34)(H,35,36)(H,37,38,39)/t14-,16-,19-,20?/m0/s1. The average molecular weight is 597 g/mol. The molecule has 1 aliphatic heterocycles. The number of rotatable bonds is 12. The van der Waals surface area contributed by atoms with Gasteiger partial charge in [0.25, 0.3) is 5.91 Å². The number of para-hydroxylation sites is 1. The van der Waals surface area contributed by atoms with Crippen LogP contribution in [0.15, 0.2) is 48.5 Å². The maximum atomic E-state index is 13.2. The Morgan fingerprint density at radius 3 is 2.35 bits per heavy atom. The molecule has 0 saturated carbocycles. The van der Waals surface area contributed by atoms with E-state index in [-0.39, 0.29) is 35.7 Å². The highest BCUT2D eigenvalue weighted by Crippen LogP contribution is 2.28. The van der Waals surface area contributed by atoms with Gasteiger partial charge in [-0.2, -0.15) is 8.42 Å². The number of likely N-dealkylation sites (tertiary alicyclic amines) is 1. The lowest BCUT2D eigenvalue weighted by molar-refractivity contribution is -0.149. The second-order valence-electron chi connectivity index (χ2n) is 9.29. The number of halogens is 1. The molecular formula is C25H29ClN4O9S. The summed E-state index contributed by atoms with van der Waals surface area (Å²) in [5.41, 5.74) is 0.311. The van der Waals surface area contributed by atoms with Crippen LogP contribution in [0.2, 0.25) is 5.02 Å². The second kappa shape index (κ2) is 13.1. The van der Waals surface area contributed by atoms with Crippen LogP contribution in [0.5, 0.6) is 0 Å². The summed E-state index contributed by atoms with van der Waals surface area (Å²) in [7, 11) is -4.76. The van der Waals surface area contributed by atoms with E-state index in [1.807, 2.05) is 30.3 Å². The molecule has 0 radical (unpaired) electrons. The Bertz CT molecular complexity index is 1370. The van der Waals surface area contributed by atoms with Crippen molar-refractivity contribution in [2.75, 3.05) is 11.3 Å². The maximum Gasteiger partial charge on any atom is 0.357 e. The van der Waals surface area contributed by atoms with Crippen LogP contribution in [0.1, 0.15) is 35.7 Å². The molecule has 40 heavy (non-hydrogen) atoms. The van der Waals surface area contributed by atoms with E-state index in [2.05, 4.69) is 10.6 Å². The Kier molecular flexibility index (Phi) is 10.1. The highest BCUT2D eigenvalue weighted by Gasteiger charge is 2.42. The first-order chi connectivity index (χ1) is 18.8. The van der Waals surface area contributed by atoms with Crippen molar-refractivity contribution in [3.63, 3.8) is 0 Å². The molecule has 1 aliphatic rings. The van der Waals surface area contributed by atoms with Crippen molar-refractivity contribution in [1.82, 2.24) is 15.5 Å². The minimum Gasteiger partial charge on any atom is -0.480 e. The molecule has 15 heteroatoms. The largest absolute Gasteiger partial charge is 0.480 e. The van der Waals surface area contributed by atoms with E-state index in [4.69, 9.17) is 16.2 Å². The molecule has 0 bridgehead atoms. The van der Waals surface area contributed by atoms with Gasteiger partial charge in [-0.15, -0.1) is 0 Å². The number of nitrogens with zero attached hydrogens (tertiary/aromatic N) is 1. The summed E-state index contributed by atoms with van der Waals surface area (Å²) in [5, 5.41) is 24.5. The number of carboxylic acids is 2. The molecule has 0 spiro atoms. The number of hydrogen-bond acceptors (Lipinski definition) is 7. The molecule has 0 aromatic heterocycles. The summed E-state index contributed by atoms with van der Waals surface area (Å²) in [6.07, 6.45) is 0.480. The molecule has 4 atom stereocenters. The number of benzene rings is 2. The third kappa shape index (κ3) is 8.14. The Morgan fingerprint density at radius 2 is 1.75 bits per heavy atom. The zero-order valence-corrected chi connectivity index (χ0v) is 22.9. The van der Waals surface area contributed by atoms with Gasteiger partial charge in [-0.1, -0.05) is 48.0 Å². The lowest BCUT2D eigenvalue weighted by Crippen LogP contribution is -2.53. The fourth-order valence-corrected chi connectivity index (χ4v) is 5.24. The number of amides is 2. The molecule has 1 unspecified atom stereocenters. The zero-order chi connectivity index (χ0) is 29.6. The lowest BCUT2D eigenvalue weighted by atomic mass is 10.0. The molecular weight excluding hydrogens is 568 g/mol. The fourth-order valence-electron chi connectivity index (χ4n) is 4.48. The highest BCUT2D eigenvalue weighted by molar-refractivity contribution is 7.87. The van der Waals surface area contributed by atoms with Crippen LogP contribution < -0.4 is 15.4 Å². The van der Waals surface area contributed by atoms with Gasteiger partial charge >= 0.3 is 22.2 Å². The van der Waals surface area contributed by atoms with Gasteiger partial charge in [0.1, 0.15) is 12.1 Å². The van der Waals surface area contributed by atoms with Gasteiger partial charge in [0.05, 0.1) is 22.3 Å². The lowest BCUT2D eigenvalue weighted by Gasteiger charge is -2.27. The quantitative estimate of drug-likeness (QED) is 0.194. The van der Waals surface area contributed by atoms with Crippen molar-refractivity contribution in [2.45, 2.75) is 50.4 Å². The van der Waals surface area contributed by atoms with E-state index in [1.165, 1.54) is 25.1 Å². The minimum atomic E-state index is -4.76. The summed E-state index contributed by atoms with van der Waals surface area (Å²) in [5.74, 6) is -3.96. The van der Waals surface area contributed by atoms with Crippen LogP contribution in [0.3, 0.4) is 0 Å². The van der Waals surface area contributed by atoms with E-state index in [0.717, 1.165) is 10.5 Å². The summed E-state index contributed by atoms with van der Waals surface area (Å²) >= 11 is 5.98. The summed E-state index contributed by atoms with van der Waals surface area (Å²) in [4.78, 5) is 51.0. The van der Waals surface area contributed by atoms with Gasteiger partial charge in [-0.3, -0.25) is 29.0 Å². The zero-order valence-electron chi connectivity index (χ0n) is 21.3. The van der Waals surface area contributed by atoms with E-state index in [9.17, 15) is 37.8 Å². The van der Waals surface area contributed by atoms with Crippen LogP contribution in [0, 0.1) is 0 Å². The molecule has 2 aromatic carbocycles. The first-order valence-corrected chi connectivity index (χ1v) is 14.0. The fraction of sp³-hybridized carbons (Fsp3) is 0.360. The Balaban J connectivity index is 1.70. The van der Waals surface area contributed by atoms with Crippen molar-refractivity contribution in [3.05, 3.63) is 64.7 Å². The molecule has 13 nitrogen and oxygen atoms in total. The molecule has 3 rings (SSSR count). The van der Waals surface area contributed by atoms with Crippen LogP contribution in [-0.4, -0.2) is 82.5 Å². The Morgan fingerprint density at radius 1 is 1.07 bits per heavy atom. The molecule has 1 heterocycles. The van der Waals surface area contributed by atoms with Crippen molar-refractivity contribution in [2.24, 2.45) is 0 Å². The molecule has 1 saturated heterocycles. The number of carbonyl (C=O) groups excluding carboxylic acids is 2. The van der Waals surface area contributed by atoms with Crippen molar-refractivity contribution < 1.29 is 42.4 Å². The number of nitrogens with one attached hydrogen (secondary N) is 3. The molecule has 0 aliphatic carbocycles. The van der Waals surface area contributed by atoms with E-state index in [1.54, 1.807) is 4.72 Å². The third-order valence-corrected chi connectivity index (χ3v) is 7.15. The predicted molar refractivity (Wildman–Crippen MR) is 144 cm³/mol. The monoisotopic (exact) mass is 596 g/mol. The number of carbonyl (C=O) groups is 4. The van der Waals surface area contributed by atoms with Gasteiger partial charge in [-0.05, 0) is 37.5 Å². The van der Waals surface area contributed by atoms with Crippen LogP contribution in [-0.2, 0) is 31.1 Å². The molecule has 2 aromatic rings. The number of aliphatic carboxylic acids is 2. The van der Waals surface area contributed by atoms with Gasteiger partial charge in [0.2, 0.25) is 5.91 Å². The molecule has 216 valence electrons. The maximum absolute atomic E-state index is 13.2. The number of anilines is 1. The van der Waals surface area contributed by atoms with Crippen molar-refractivity contribution >= 4 is 51.3 Å². The van der Waals surface area contributed by atoms with Crippen LogP contribution >= 0.6 is 11.6 Å². The van der Waals surface area contributed by atoms with Crippen LogP contribution in [0.4, 0.5) is 5.69 Å². The van der Waals surface area contributed by atoms with E-state index < -0.39 is 58.2 Å². The minimum absolute atomic E-state index is 0.155. The second-order valence-corrected chi connectivity index (χ2v) is 10.9. The van der Waals surface area contributed by atoms with E-state index >= 15 is 0 Å². The van der Waals surface area contributed by atoms with Gasteiger partial charge in [0.15, 0.2) is 0 Å². The topological polar surface area (TPSA) is 202 Å². The van der Waals surface area contributed by atoms with Gasteiger partial charge < -0.3 is 20.4 Å².